The Kier molecular flexibility index (Phi) is 5.12. The van der Waals surface area contributed by atoms with Gasteiger partial charge >= 0.3 is 0 Å². The molecule has 0 bridgehead atoms. The molecular formula is C20H25BrN6. The molecule has 27 heavy (non-hydrogen) atoms. The molecule has 0 spiro atoms. The molecular weight excluding hydrogens is 404 g/mol. The molecule has 0 amide bonds. The van der Waals surface area contributed by atoms with Gasteiger partial charge < -0.3 is 5.32 Å². The highest BCUT2D eigenvalue weighted by Gasteiger charge is 2.29. The standard InChI is InChI=1S/C20H25BrN6/c1-12-4-5-13(2)16(6-12)18-7-19(27-20(26-18)17(21)11-25-27)24-10-15-8-22-14(3)23-9-15/h7-9,11-13,16,24H,4-6,10H2,1-3H3. The van der Waals surface area contributed by atoms with Crippen LogP contribution in [0.3, 0.4) is 0 Å². The van der Waals surface area contributed by atoms with Crippen LogP contribution in [0.25, 0.3) is 5.65 Å². The molecule has 1 aliphatic rings. The lowest BCUT2D eigenvalue weighted by Crippen LogP contribution is -2.21. The Morgan fingerprint density at radius 1 is 1.19 bits per heavy atom. The summed E-state index contributed by atoms with van der Waals surface area (Å²) in [4.78, 5) is 13.5. The molecule has 7 heteroatoms. The maximum atomic E-state index is 4.96. The second-order valence-electron chi connectivity index (χ2n) is 7.79. The number of anilines is 1. The van der Waals surface area contributed by atoms with Crippen LogP contribution in [0.5, 0.6) is 0 Å². The van der Waals surface area contributed by atoms with Crippen molar-refractivity contribution in [1.29, 1.82) is 0 Å². The molecule has 0 aromatic carbocycles. The van der Waals surface area contributed by atoms with Gasteiger partial charge in [0.1, 0.15) is 11.6 Å². The molecule has 1 saturated carbocycles. The van der Waals surface area contributed by atoms with Crippen molar-refractivity contribution in [2.45, 2.75) is 52.5 Å². The van der Waals surface area contributed by atoms with Crippen LogP contribution < -0.4 is 5.32 Å². The highest BCUT2D eigenvalue weighted by atomic mass is 79.9. The van der Waals surface area contributed by atoms with E-state index in [1.165, 1.54) is 19.3 Å². The number of halogens is 1. The Balaban J connectivity index is 1.67. The molecule has 3 unspecified atom stereocenters. The zero-order valence-corrected chi connectivity index (χ0v) is 17.6. The number of hydrogen-bond donors (Lipinski definition) is 1. The van der Waals surface area contributed by atoms with Gasteiger partial charge in [-0.15, -0.1) is 0 Å². The zero-order valence-electron chi connectivity index (χ0n) is 16.0. The van der Waals surface area contributed by atoms with Crippen molar-refractivity contribution in [3.8, 4) is 0 Å². The Hall–Kier alpha value is -2.02. The van der Waals surface area contributed by atoms with E-state index < -0.39 is 0 Å². The summed E-state index contributed by atoms with van der Waals surface area (Å²) in [7, 11) is 0. The predicted octanol–water partition coefficient (Wildman–Crippen LogP) is 4.74. The number of rotatable bonds is 4. The number of nitrogens with one attached hydrogen (secondary N) is 1. The van der Waals surface area contributed by atoms with Crippen LogP contribution in [0.1, 0.15) is 56.1 Å². The summed E-state index contributed by atoms with van der Waals surface area (Å²) in [6.45, 7) is 7.24. The van der Waals surface area contributed by atoms with Crippen molar-refractivity contribution in [3.05, 3.63) is 46.2 Å². The summed E-state index contributed by atoms with van der Waals surface area (Å²) in [5.41, 5.74) is 3.06. The van der Waals surface area contributed by atoms with Gasteiger partial charge in [0.2, 0.25) is 0 Å². The fourth-order valence-corrected chi connectivity index (χ4v) is 4.27. The summed E-state index contributed by atoms with van der Waals surface area (Å²) in [6, 6.07) is 2.17. The maximum Gasteiger partial charge on any atom is 0.171 e. The number of aromatic nitrogens is 5. The topological polar surface area (TPSA) is 68.0 Å². The van der Waals surface area contributed by atoms with E-state index in [0.29, 0.717) is 18.4 Å². The smallest absolute Gasteiger partial charge is 0.171 e. The molecule has 0 radical (unpaired) electrons. The molecule has 142 valence electrons. The third-order valence-corrected chi connectivity index (χ3v) is 6.15. The van der Waals surface area contributed by atoms with E-state index in [1.54, 1.807) is 6.20 Å². The van der Waals surface area contributed by atoms with E-state index in [4.69, 9.17) is 4.98 Å². The second kappa shape index (κ2) is 7.54. The van der Waals surface area contributed by atoms with Gasteiger partial charge in [-0.25, -0.2) is 15.0 Å². The van der Waals surface area contributed by atoms with Gasteiger partial charge in [0.25, 0.3) is 0 Å². The first-order valence-electron chi connectivity index (χ1n) is 9.57. The summed E-state index contributed by atoms with van der Waals surface area (Å²) in [5.74, 6) is 3.62. The fraction of sp³-hybridized carbons (Fsp3) is 0.500. The Bertz CT molecular complexity index is 936. The Morgan fingerprint density at radius 3 is 2.74 bits per heavy atom. The minimum atomic E-state index is 0.490. The van der Waals surface area contributed by atoms with Crippen molar-refractivity contribution in [1.82, 2.24) is 24.6 Å². The van der Waals surface area contributed by atoms with Crippen LogP contribution in [-0.4, -0.2) is 24.6 Å². The third-order valence-electron chi connectivity index (χ3n) is 5.59. The fourth-order valence-electron chi connectivity index (χ4n) is 3.92. The average Bonchev–Trinajstić information content (AvgIpc) is 3.04. The van der Waals surface area contributed by atoms with E-state index in [9.17, 15) is 0 Å². The lowest BCUT2D eigenvalue weighted by molar-refractivity contribution is 0.261. The molecule has 6 nitrogen and oxygen atoms in total. The Labute approximate surface area is 168 Å². The summed E-state index contributed by atoms with van der Waals surface area (Å²) in [5, 5.41) is 7.98. The van der Waals surface area contributed by atoms with E-state index in [-0.39, 0.29) is 0 Å². The van der Waals surface area contributed by atoms with Crippen LogP contribution in [0, 0.1) is 18.8 Å². The highest BCUT2D eigenvalue weighted by molar-refractivity contribution is 9.10. The quantitative estimate of drug-likeness (QED) is 0.649. The minimum Gasteiger partial charge on any atom is -0.366 e. The van der Waals surface area contributed by atoms with Crippen LogP contribution in [0.15, 0.2) is 29.1 Å². The van der Waals surface area contributed by atoms with Crippen molar-refractivity contribution < 1.29 is 0 Å². The van der Waals surface area contributed by atoms with Crippen molar-refractivity contribution >= 4 is 27.4 Å². The second-order valence-corrected chi connectivity index (χ2v) is 8.64. The molecule has 1 fully saturated rings. The normalized spacial score (nSPS) is 22.9. The highest BCUT2D eigenvalue weighted by Crippen LogP contribution is 2.40. The number of hydrogen-bond acceptors (Lipinski definition) is 5. The third kappa shape index (κ3) is 3.83. The first kappa shape index (κ1) is 18.3. The molecule has 3 aromatic rings. The number of fused-ring (bicyclic) bond motifs is 1. The van der Waals surface area contributed by atoms with Crippen LogP contribution in [0.4, 0.5) is 5.82 Å². The van der Waals surface area contributed by atoms with Gasteiger partial charge in [-0.2, -0.15) is 9.61 Å². The zero-order chi connectivity index (χ0) is 19.0. The lowest BCUT2D eigenvalue weighted by atomic mass is 9.74. The summed E-state index contributed by atoms with van der Waals surface area (Å²) >= 11 is 3.60. The predicted molar refractivity (Wildman–Crippen MR) is 110 cm³/mol. The van der Waals surface area contributed by atoms with Gasteiger partial charge in [-0.3, -0.25) is 0 Å². The number of nitrogens with zero attached hydrogens (tertiary/aromatic N) is 5. The molecule has 0 aliphatic heterocycles. The van der Waals surface area contributed by atoms with Gasteiger partial charge in [0, 0.05) is 42.2 Å². The summed E-state index contributed by atoms with van der Waals surface area (Å²) in [6.07, 6.45) is 9.30. The molecule has 3 heterocycles. The maximum absolute atomic E-state index is 4.96. The molecule has 0 saturated heterocycles. The van der Waals surface area contributed by atoms with Gasteiger partial charge in [0.05, 0.1) is 10.7 Å². The minimum absolute atomic E-state index is 0.490. The van der Waals surface area contributed by atoms with Gasteiger partial charge in [-0.1, -0.05) is 20.3 Å². The van der Waals surface area contributed by atoms with Crippen molar-refractivity contribution in [2.75, 3.05) is 5.32 Å². The van der Waals surface area contributed by atoms with Gasteiger partial charge in [-0.05, 0) is 47.5 Å². The lowest BCUT2D eigenvalue weighted by Gasteiger charge is -2.32. The molecule has 4 rings (SSSR count). The first-order chi connectivity index (χ1) is 13.0. The summed E-state index contributed by atoms with van der Waals surface area (Å²) < 4.78 is 2.78. The van der Waals surface area contributed by atoms with Crippen LogP contribution >= 0.6 is 15.9 Å². The monoisotopic (exact) mass is 428 g/mol. The first-order valence-corrected chi connectivity index (χ1v) is 10.4. The van der Waals surface area contributed by atoms with E-state index in [1.807, 2.05) is 23.8 Å². The Morgan fingerprint density at radius 2 is 1.96 bits per heavy atom. The van der Waals surface area contributed by atoms with Crippen molar-refractivity contribution in [3.63, 3.8) is 0 Å². The van der Waals surface area contributed by atoms with Crippen LogP contribution in [-0.2, 0) is 6.54 Å². The van der Waals surface area contributed by atoms with Gasteiger partial charge in [0.15, 0.2) is 5.65 Å². The molecule has 3 aromatic heterocycles. The van der Waals surface area contributed by atoms with E-state index >= 15 is 0 Å². The molecule has 1 aliphatic carbocycles. The number of aryl methyl sites for hydroxylation is 1. The molecule has 3 atom stereocenters. The van der Waals surface area contributed by atoms with E-state index in [0.717, 1.165) is 38.9 Å². The average molecular weight is 429 g/mol. The van der Waals surface area contributed by atoms with Crippen LogP contribution in [0.2, 0.25) is 0 Å². The molecule has 1 N–H and O–H groups in total. The largest absolute Gasteiger partial charge is 0.366 e. The SMILES string of the molecule is Cc1ncc(CNc2cc(C3CC(C)CCC3C)nc3c(Br)cnn23)cn1. The van der Waals surface area contributed by atoms with Crippen molar-refractivity contribution in [2.24, 2.45) is 11.8 Å². The van der Waals surface area contributed by atoms with E-state index in [2.05, 4.69) is 56.2 Å².